The van der Waals surface area contributed by atoms with Crippen LogP contribution in [-0.2, 0) is 23.0 Å². The minimum absolute atomic E-state index is 0.0291. The Balaban J connectivity index is 1.72. The number of hydrogen-bond acceptors (Lipinski definition) is 4. The highest BCUT2D eigenvalue weighted by Gasteiger charge is 2.20. The maximum absolute atomic E-state index is 12.4. The number of nitrogens with one attached hydrogen (secondary N) is 2. The summed E-state index contributed by atoms with van der Waals surface area (Å²) < 4.78 is 29.6. The van der Waals surface area contributed by atoms with Gasteiger partial charge in [-0.2, -0.15) is 8.42 Å². The van der Waals surface area contributed by atoms with Gasteiger partial charge in [-0.15, -0.1) is 0 Å². The molecule has 4 rings (SSSR count). The topological polar surface area (TPSA) is 92.7 Å². The summed E-state index contributed by atoms with van der Waals surface area (Å²) in [6.45, 7) is 0.963. The average molecular weight is 343 g/mol. The lowest BCUT2D eigenvalue weighted by Crippen LogP contribution is -2.14. The molecule has 0 amide bonds. The molecule has 124 valence electrons. The zero-order chi connectivity index (χ0) is 16.6. The normalized spacial score (nSPS) is 14.3. The molecule has 0 aliphatic carbocycles. The maximum Gasteiger partial charge on any atom is 0.278 e. The molecule has 0 radical (unpaired) electrons. The first-order valence-corrected chi connectivity index (χ1v) is 9.28. The zero-order valence-corrected chi connectivity index (χ0v) is 13.8. The van der Waals surface area contributed by atoms with Crippen LogP contribution in [0.15, 0.2) is 48.0 Å². The molecule has 1 aromatic carbocycles. The van der Waals surface area contributed by atoms with E-state index >= 15 is 0 Å². The van der Waals surface area contributed by atoms with Crippen molar-refractivity contribution in [2.75, 3.05) is 4.72 Å². The van der Waals surface area contributed by atoms with E-state index in [1.807, 2.05) is 18.3 Å². The van der Waals surface area contributed by atoms with Crippen molar-refractivity contribution in [3.8, 4) is 11.3 Å². The van der Waals surface area contributed by atoms with Crippen LogP contribution in [0.3, 0.4) is 0 Å². The van der Waals surface area contributed by atoms with E-state index in [-0.39, 0.29) is 5.03 Å². The molecule has 2 N–H and O–H groups in total. The Morgan fingerprint density at radius 1 is 1.21 bits per heavy atom. The van der Waals surface area contributed by atoms with Gasteiger partial charge in [0, 0.05) is 24.7 Å². The molecular weight excluding hydrogens is 326 g/mol. The Labute approximate surface area is 139 Å². The summed E-state index contributed by atoms with van der Waals surface area (Å²) in [5, 5.41) is 0.0291. The largest absolute Gasteiger partial charge is 0.334 e. The van der Waals surface area contributed by atoms with Gasteiger partial charge in [-0.25, -0.2) is 9.97 Å². The van der Waals surface area contributed by atoms with Crippen LogP contribution in [0.5, 0.6) is 0 Å². The van der Waals surface area contributed by atoms with Gasteiger partial charge in [0.1, 0.15) is 5.82 Å². The van der Waals surface area contributed by atoms with Crippen LogP contribution in [0.4, 0.5) is 5.69 Å². The fourth-order valence-corrected chi connectivity index (χ4v) is 3.91. The Morgan fingerprint density at radius 3 is 2.88 bits per heavy atom. The molecule has 0 bridgehead atoms. The van der Waals surface area contributed by atoms with Crippen molar-refractivity contribution >= 4 is 15.7 Å². The maximum atomic E-state index is 12.4. The van der Waals surface area contributed by atoms with E-state index in [2.05, 4.69) is 24.2 Å². The third-order valence-corrected chi connectivity index (χ3v) is 5.41. The minimum Gasteiger partial charge on any atom is -0.334 e. The van der Waals surface area contributed by atoms with E-state index < -0.39 is 10.0 Å². The SMILES string of the molecule is O=S(=O)(Nc1ccccc1-c1cn2c(n1)CCCC2)c1cnc[nH]1. The number of sulfonamides is 1. The highest BCUT2D eigenvalue weighted by molar-refractivity contribution is 7.92. The molecule has 0 unspecified atom stereocenters. The number of aromatic amines is 1. The standard InChI is InChI=1S/C16H17N5O2S/c22-24(23,16-9-17-11-18-16)20-13-6-2-1-5-12(13)14-10-21-8-4-3-7-15(21)19-14/h1-2,5-6,9-11,20H,3-4,7-8H2,(H,17,18). The van der Waals surface area contributed by atoms with Crippen LogP contribution in [0.1, 0.15) is 18.7 Å². The van der Waals surface area contributed by atoms with Gasteiger partial charge in [-0.05, 0) is 18.9 Å². The predicted molar refractivity (Wildman–Crippen MR) is 90.0 cm³/mol. The van der Waals surface area contributed by atoms with Gasteiger partial charge in [0.25, 0.3) is 10.0 Å². The van der Waals surface area contributed by atoms with Crippen molar-refractivity contribution < 1.29 is 8.42 Å². The molecule has 7 nitrogen and oxygen atoms in total. The third-order valence-electron chi connectivity index (χ3n) is 4.12. The highest BCUT2D eigenvalue weighted by Crippen LogP contribution is 2.30. The summed E-state index contributed by atoms with van der Waals surface area (Å²) in [7, 11) is -3.71. The summed E-state index contributed by atoms with van der Waals surface area (Å²) in [5.74, 6) is 1.06. The lowest BCUT2D eigenvalue weighted by atomic mass is 10.1. The van der Waals surface area contributed by atoms with Gasteiger partial charge in [0.2, 0.25) is 0 Å². The lowest BCUT2D eigenvalue weighted by molar-refractivity contribution is 0.522. The fourth-order valence-electron chi connectivity index (χ4n) is 2.93. The van der Waals surface area contributed by atoms with Crippen molar-refractivity contribution in [1.29, 1.82) is 0 Å². The molecule has 3 aromatic rings. The van der Waals surface area contributed by atoms with E-state index in [1.54, 1.807) is 12.1 Å². The van der Waals surface area contributed by atoms with E-state index in [9.17, 15) is 8.42 Å². The number of rotatable bonds is 4. The van der Waals surface area contributed by atoms with Gasteiger partial charge in [0.05, 0.1) is 23.9 Å². The van der Waals surface area contributed by atoms with Gasteiger partial charge in [-0.3, -0.25) is 4.72 Å². The summed E-state index contributed by atoms with van der Waals surface area (Å²) in [5.41, 5.74) is 2.06. The second kappa shape index (κ2) is 5.79. The Bertz CT molecular complexity index is 937. The summed E-state index contributed by atoms with van der Waals surface area (Å²) in [6.07, 6.45) is 7.87. The molecule has 1 aliphatic rings. The van der Waals surface area contributed by atoms with E-state index in [0.717, 1.165) is 42.9 Å². The Kier molecular flexibility index (Phi) is 3.61. The van der Waals surface area contributed by atoms with Crippen molar-refractivity contribution in [3.63, 3.8) is 0 Å². The second-order valence-corrected chi connectivity index (χ2v) is 7.41. The number of nitrogens with zero attached hydrogens (tertiary/aromatic N) is 3. The molecule has 8 heteroatoms. The number of fused-ring (bicyclic) bond motifs is 1. The number of imidazole rings is 2. The molecule has 24 heavy (non-hydrogen) atoms. The first-order chi connectivity index (χ1) is 11.6. The summed E-state index contributed by atoms with van der Waals surface area (Å²) >= 11 is 0. The van der Waals surface area contributed by atoms with Crippen LogP contribution in [0, 0.1) is 0 Å². The lowest BCUT2D eigenvalue weighted by Gasteiger charge is -2.11. The van der Waals surface area contributed by atoms with Gasteiger partial charge in [-0.1, -0.05) is 18.2 Å². The predicted octanol–water partition coefficient (Wildman–Crippen LogP) is 2.41. The van der Waals surface area contributed by atoms with Gasteiger partial charge >= 0.3 is 0 Å². The van der Waals surface area contributed by atoms with Crippen LogP contribution < -0.4 is 4.72 Å². The number of para-hydroxylation sites is 1. The molecule has 3 heterocycles. The van der Waals surface area contributed by atoms with Crippen LogP contribution in [0.2, 0.25) is 0 Å². The number of hydrogen-bond donors (Lipinski definition) is 2. The number of benzene rings is 1. The number of anilines is 1. The van der Waals surface area contributed by atoms with Crippen LogP contribution in [0.25, 0.3) is 11.3 Å². The average Bonchev–Trinajstić information content (AvgIpc) is 3.25. The van der Waals surface area contributed by atoms with E-state index in [0.29, 0.717) is 5.69 Å². The first kappa shape index (κ1) is 14.9. The number of aromatic nitrogens is 4. The summed E-state index contributed by atoms with van der Waals surface area (Å²) in [6, 6.07) is 7.28. The third kappa shape index (κ3) is 2.69. The van der Waals surface area contributed by atoms with E-state index in [4.69, 9.17) is 0 Å². The highest BCUT2D eigenvalue weighted by atomic mass is 32.2. The smallest absolute Gasteiger partial charge is 0.278 e. The molecule has 0 atom stereocenters. The molecule has 2 aromatic heterocycles. The monoisotopic (exact) mass is 343 g/mol. The molecule has 0 saturated carbocycles. The Hall–Kier alpha value is -2.61. The molecule has 0 fully saturated rings. The van der Waals surface area contributed by atoms with Gasteiger partial charge in [0.15, 0.2) is 5.03 Å². The quantitative estimate of drug-likeness (QED) is 0.761. The minimum atomic E-state index is -3.71. The Morgan fingerprint density at radius 2 is 2.08 bits per heavy atom. The van der Waals surface area contributed by atoms with Crippen molar-refractivity contribution in [2.24, 2.45) is 0 Å². The first-order valence-electron chi connectivity index (χ1n) is 7.80. The number of H-pyrrole nitrogens is 1. The zero-order valence-electron chi connectivity index (χ0n) is 12.9. The van der Waals surface area contributed by atoms with Crippen molar-refractivity contribution in [1.82, 2.24) is 19.5 Å². The van der Waals surface area contributed by atoms with Crippen LogP contribution in [-0.4, -0.2) is 27.9 Å². The molecule has 1 aliphatic heterocycles. The van der Waals surface area contributed by atoms with Crippen LogP contribution >= 0.6 is 0 Å². The van der Waals surface area contributed by atoms with Crippen molar-refractivity contribution in [2.45, 2.75) is 30.8 Å². The van der Waals surface area contributed by atoms with E-state index in [1.165, 1.54) is 12.5 Å². The summed E-state index contributed by atoms with van der Waals surface area (Å²) in [4.78, 5) is 11.1. The second-order valence-electron chi connectivity index (χ2n) is 5.76. The fraction of sp³-hybridized carbons (Fsp3) is 0.250. The van der Waals surface area contributed by atoms with Crippen molar-refractivity contribution in [3.05, 3.63) is 48.8 Å². The molecule has 0 saturated heterocycles. The van der Waals surface area contributed by atoms with Gasteiger partial charge < -0.3 is 9.55 Å². The number of aryl methyl sites for hydroxylation is 2. The molecule has 0 spiro atoms. The molecular formula is C16H17N5O2S.